The molecular formula is C31H28N8O2. The summed E-state index contributed by atoms with van der Waals surface area (Å²) in [4.78, 5) is 32.7. The molecule has 6 aromatic rings. The lowest BCUT2D eigenvalue weighted by Gasteiger charge is -2.14. The van der Waals surface area contributed by atoms with Gasteiger partial charge in [0.2, 0.25) is 0 Å². The number of anilines is 1. The molecule has 4 N–H and O–H groups in total. The lowest BCUT2D eigenvalue weighted by Crippen LogP contribution is -2.22. The molecule has 0 aliphatic carbocycles. The predicted molar refractivity (Wildman–Crippen MR) is 159 cm³/mol. The molecule has 10 heteroatoms. The molecule has 10 nitrogen and oxygen atoms in total. The van der Waals surface area contributed by atoms with Gasteiger partial charge in [0.25, 0.3) is 11.5 Å². The number of hydrogen-bond donors (Lipinski definition) is 2. The minimum atomic E-state index is -0.619. The van der Waals surface area contributed by atoms with Gasteiger partial charge in [-0.1, -0.05) is 43.2 Å². The molecule has 0 fully saturated rings. The van der Waals surface area contributed by atoms with Crippen molar-refractivity contribution >= 4 is 28.1 Å². The van der Waals surface area contributed by atoms with Crippen molar-refractivity contribution < 1.29 is 4.79 Å². The molecule has 0 spiro atoms. The minimum Gasteiger partial charge on any atom is -0.381 e. The quantitative estimate of drug-likeness (QED) is 0.328. The number of nitrogens with zero attached hydrogens (tertiary/aromatic N) is 6. The highest BCUT2D eigenvalue weighted by molar-refractivity contribution is 6.03. The van der Waals surface area contributed by atoms with Gasteiger partial charge in [-0.15, -0.1) is 5.10 Å². The summed E-state index contributed by atoms with van der Waals surface area (Å²) in [5, 5.41) is 5.43. The number of carbonyl (C=O) groups excluding carboxylic acids is 1. The molecule has 4 aromatic heterocycles. The van der Waals surface area contributed by atoms with Crippen molar-refractivity contribution in [2.45, 2.75) is 20.3 Å². The number of benzene rings is 2. The maximum atomic E-state index is 13.5. The summed E-state index contributed by atoms with van der Waals surface area (Å²) < 4.78 is 5.15. The Kier molecular flexibility index (Phi) is 7.35. The van der Waals surface area contributed by atoms with E-state index in [9.17, 15) is 9.59 Å². The number of aromatic nitrogens is 6. The number of amides is 1. The van der Waals surface area contributed by atoms with Gasteiger partial charge in [-0.25, -0.2) is 14.5 Å². The van der Waals surface area contributed by atoms with E-state index in [1.165, 1.54) is 4.52 Å². The zero-order chi connectivity index (χ0) is 29.1. The number of imidazole rings is 1. The number of pyridine rings is 1. The van der Waals surface area contributed by atoms with Crippen molar-refractivity contribution in [2.24, 2.45) is 12.8 Å². The monoisotopic (exact) mass is 544 g/mol. The standard InChI is InChI=1S/C24H21N3O.C7H7N5O/c1-4-20-15-19-10-8-9-18(13-14-22-16-25-17(2)26(22)3)23(19)24(28)27(20)21-11-6-5-7-12-21;8-5-4(6(9)13)7-10-2-1-3-12(7)11-5/h5-12,15-16H,4H2,1-3H3;1-3H,(H2,8,11)(H2,9,13). The van der Waals surface area contributed by atoms with Gasteiger partial charge in [-0.05, 0) is 55.0 Å². The first-order valence-corrected chi connectivity index (χ1v) is 12.9. The van der Waals surface area contributed by atoms with Crippen molar-refractivity contribution in [1.29, 1.82) is 0 Å². The fourth-order valence-electron chi connectivity index (χ4n) is 4.53. The molecule has 0 aliphatic rings. The maximum Gasteiger partial charge on any atom is 0.264 e. The number of nitrogens with two attached hydrogens (primary N) is 2. The molecule has 1 amide bonds. The average Bonchev–Trinajstić information content (AvgIpc) is 3.49. The molecule has 0 radical (unpaired) electrons. The van der Waals surface area contributed by atoms with E-state index in [0.29, 0.717) is 11.0 Å². The Balaban J connectivity index is 0.000000216. The van der Waals surface area contributed by atoms with Crippen molar-refractivity contribution in [3.63, 3.8) is 0 Å². The summed E-state index contributed by atoms with van der Waals surface area (Å²) in [6.07, 6.45) is 5.71. The lowest BCUT2D eigenvalue weighted by atomic mass is 10.0. The summed E-state index contributed by atoms with van der Waals surface area (Å²) in [6.45, 7) is 4.00. The first-order valence-electron chi connectivity index (χ1n) is 12.9. The number of aryl methyl sites for hydroxylation is 2. The first-order chi connectivity index (χ1) is 19.8. The van der Waals surface area contributed by atoms with Crippen LogP contribution < -0.4 is 17.0 Å². The van der Waals surface area contributed by atoms with Gasteiger partial charge < -0.3 is 16.0 Å². The molecule has 4 heterocycles. The van der Waals surface area contributed by atoms with Gasteiger partial charge in [0.1, 0.15) is 17.1 Å². The van der Waals surface area contributed by atoms with Gasteiger partial charge in [-0.2, -0.15) is 0 Å². The van der Waals surface area contributed by atoms with Crippen molar-refractivity contribution in [1.82, 2.24) is 28.7 Å². The number of carbonyl (C=O) groups is 1. The maximum absolute atomic E-state index is 13.5. The molecule has 41 heavy (non-hydrogen) atoms. The van der Waals surface area contributed by atoms with Crippen LogP contribution in [0.4, 0.5) is 5.82 Å². The Hall–Kier alpha value is -5.69. The smallest absolute Gasteiger partial charge is 0.264 e. The topological polar surface area (TPSA) is 139 Å². The predicted octanol–water partition coefficient (Wildman–Crippen LogP) is 3.41. The SMILES string of the molecule is CCc1cc2cccc(C#Cc3cnc(C)n3C)c2c(=O)n1-c1ccccc1.NC(=O)c1c(N)nn2cccnc12. The van der Waals surface area contributed by atoms with Gasteiger partial charge in [0.15, 0.2) is 11.5 Å². The van der Waals surface area contributed by atoms with Crippen LogP contribution >= 0.6 is 0 Å². The lowest BCUT2D eigenvalue weighted by molar-refractivity contribution is 0.100. The van der Waals surface area contributed by atoms with Crippen LogP contribution in [0.2, 0.25) is 0 Å². The Labute approximate surface area is 235 Å². The van der Waals surface area contributed by atoms with Crippen LogP contribution in [-0.4, -0.2) is 34.6 Å². The van der Waals surface area contributed by atoms with E-state index < -0.39 is 5.91 Å². The molecule has 204 valence electrons. The molecule has 2 aromatic carbocycles. The van der Waals surface area contributed by atoms with E-state index in [0.717, 1.165) is 40.3 Å². The number of rotatable bonds is 3. The number of nitrogen functional groups attached to an aromatic ring is 1. The van der Waals surface area contributed by atoms with E-state index in [2.05, 4.69) is 39.9 Å². The molecule has 0 saturated heterocycles. The Morgan fingerprint density at radius 1 is 1.02 bits per heavy atom. The van der Waals surface area contributed by atoms with Crippen molar-refractivity contribution in [2.75, 3.05) is 5.73 Å². The van der Waals surface area contributed by atoms with Gasteiger partial charge in [0, 0.05) is 36.4 Å². The number of hydrogen-bond acceptors (Lipinski definition) is 6. The third-order valence-corrected chi connectivity index (χ3v) is 6.71. The average molecular weight is 545 g/mol. The Morgan fingerprint density at radius 2 is 1.80 bits per heavy atom. The fraction of sp³-hybridized carbons (Fsp3) is 0.129. The van der Waals surface area contributed by atoms with Crippen LogP contribution in [0.1, 0.15) is 40.1 Å². The Morgan fingerprint density at radius 3 is 2.49 bits per heavy atom. The molecular weight excluding hydrogens is 516 g/mol. The number of primary amides is 1. The first kappa shape index (κ1) is 26.9. The second-order valence-corrected chi connectivity index (χ2v) is 9.25. The second-order valence-electron chi connectivity index (χ2n) is 9.25. The molecule has 0 aliphatic heterocycles. The zero-order valence-corrected chi connectivity index (χ0v) is 22.9. The van der Waals surface area contributed by atoms with Crippen LogP contribution in [0.25, 0.3) is 22.1 Å². The highest BCUT2D eigenvalue weighted by Crippen LogP contribution is 2.20. The fourth-order valence-corrected chi connectivity index (χ4v) is 4.53. The highest BCUT2D eigenvalue weighted by atomic mass is 16.1. The van der Waals surface area contributed by atoms with Gasteiger partial charge >= 0.3 is 0 Å². The molecule has 0 bridgehead atoms. The summed E-state index contributed by atoms with van der Waals surface area (Å²) in [6, 6.07) is 19.4. The van der Waals surface area contributed by atoms with E-state index in [-0.39, 0.29) is 16.9 Å². The third kappa shape index (κ3) is 5.16. The molecule has 0 unspecified atom stereocenters. The largest absolute Gasteiger partial charge is 0.381 e. The minimum absolute atomic E-state index is 0.0355. The molecule has 0 saturated carbocycles. The van der Waals surface area contributed by atoms with E-state index in [1.807, 2.05) is 67.1 Å². The zero-order valence-electron chi connectivity index (χ0n) is 22.9. The van der Waals surface area contributed by atoms with Crippen LogP contribution in [0.15, 0.2) is 84.0 Å². The highest BCUT2D eigenvalue weighted by Gasteiger charge is 2.15. The van der Waals surface area contributed by atoms with Crippen LogP contribution in [0, 0.1) is 18.8 Å². The summed E-state index contributed by atoms with van der Waals surface area (Å²) in [5.41, 5.74) is 14.5. The number of para-hydroxylation sites is 1. The number of fused-ring (bicyclic) bond motifs is 2. The Bertz CT molecular complexity index is 2020. The molecule has 0 atom stereocenters. The molecule has 6 rings (SSSR count). The van der Waals surface area contributed by atoms with Crippen LogP contribution in [0.5, 0.6) is 0 Å². The summed E-state index contributed by atoms with van der Waals surface area (Å²) in [7, 11) is 1.94. The van der Waals surface area contributed by atoms with Crippen molar-refractivity contribution in [3.05, 3.63) is 118 Å². The van der Waals surface area contributed by atoms with Crippen molar-refractivity contribution in [3.8, 4) is 17.5 Å². The second kappa shape index (κ2) is 11.2. The van der Waals surface area contributed by atoms with Crippen LogP contribution in [-0.2, 0) is 13.5 Å². The summed E-state index contributed by atoms with van der Waals surface area (Å²) in [5.74, 6) is 6.74. The van der Waals surface area contributed by atoms with E-state index >= 15 is 0 Å². The third-order valence-electron chi connectivity index (χ3n) is 6.71. The van der Waals surface area contributed by atoms with E-state index in [4.69, 9.17) is 11.5 Å². The van der Waals surface area contributed by atoms with E-state index in [1.54, 1.807) is 29.2 Å². The van der Waals surface area contributed by atoms with Gasteiger partial charge in [-0.3, -0.25) is 14.2 Å². The summed E-state index contributed by atoms with van der Waals surface area (Å²) >= 11 is 0. The van der Waals surface area contributed by atoms with Gasteiger partial charge in [0.05, 0.1) is 11.6 Å². The normalized spacial score (nSPS) is 10.6. The van der Waals surface area contributed by atoms with Crippen LogP contribution in [0.3, 0.4) is 0 Å².